The molecule has 5 heteroatoms. The van der Waals surface area contributed by atoms with E-state index in [0.717, 1.165) is 0 Å². The summed E-state index contributed by atoms with van der Waals surface area (Å²) in [6.07, 6.45) is -3.57. The Bertz CT molecular complexity index is 315. The van der Waals surface area contributed by atoms with Gasteiger partial charge in [0, 0.05) is 0 Å². The fourth-order valence-corrected chi connectivity index (χ4v) is 0.951. The summed E-state index contributed by atoms with van der Waals surface area (Å²) in [7, 11) is 0. The number of benzene rings is 1. The van der Waals surface area contributed by atoms with E-state index in [2.05, 4.69) is 4.74 Å². The van der Waals surface area contributed by atoms with Crippen molar-refractivity contribution in [1.29, 1.82) is 0 Å². The summed E-state index contributed by atoms with van der Waals surface area (Å²) < 4.78 is 30.2. The first kappa shape index (κ1) is 11.5. The highest BCUT2D eigenvalue weighted by molar-refractivity contribution is 6.44. The largest absolute Gasteiger partial charge is 0.430 e. The first-order valence-electron chi connectivity index (χ1n) is 3.84. The Labute approximate surface area is 90.6 Å². The van der Waals surface area contributed by atoms with Gasteiger partial charge in [0.2, 0.25) is 4.84 Å². The molecule has 14 heavy (non-hydrogen) atoms. The van der Waals surface area contributed by atoms with Gasteiger partial charge >= 0.3 is 6.11 Å². The first-order valence-corrected chi connectivity index (χ1v) is 4.71. The Morgan fingerprint density at radius 3 is 2.36 bits per heavy atom. The highest BCUT2D eigenvalue weighted by Gasteiger charge is 2.40. The van der Waals surface area contributed by atoms with Crippen molar-refractivity contribution in [3.8, 4) is 5.75 Å². The SMILES string of the molecule is Cc1ccccc1OC(F)(F)C(Cl)Cl. The van der Waals surface area contributed by atoms with Crippen molar-refractivity contribution in [2.75, 3.05) is 0 Å². The molecule has 1 nitrogen and oxygen atoms in total. The first-order chi connectivity index (χ1) is 6.43. The van der Waals surface area contributed by atoms with Crippen LogP contribution in [0.3, 0.4) is 0 Å². The molecule has 0 spiro atoms. The van der Waals surface area contributed by atoms with Crippen LogP contribution in [-0.4, -0.2) is 10.9 Å². The quantitative estimate of drug-likeness (QED) is 0.732. The van der Waals surface area contributed by atoms with Crippen LogP contribution < -0.4 is 4.74 Å². The summed E-state index contributed by atoms with van der Waals surface area (Å²) in [6, 6.07) is 6.40. The van der Waals surface area contributed by atoms with E-state index in [0.29, 0.717) is 5.56 Å². The molecule has 78 valence electrons. The van der Waals surface area contributed by atoms with Gasteiger partial charge in [-0.15, -0.1) is 0 Å². The zero-order chi connectivity index (χ0) is 10.8. The minimum absolute atomic E-state index is 0.0730. The topological polar surface area (TPSA) is 9.23 Å². The Morgan fingerprint density at radius 2 is 1.86 bits per heavy atom. The van der Waals surface area contributed by atoms with Crippen molar-refractivity contribution in [2.24, 2.45) is 0 Å². The average Bonchev–Trinajstić information content (AvgIpc) is 2.08. The van der Waals surface area contributed by atoms with Gasteiger partial charge in [-0.3, -0.25) is 0 Å². The molecule has 0 saturated heterocycles. The predicted octanol–water partition coefficient (Wildman–Crippen LogP) is 3.77. The highest BCUT2D eigenvalue weighted by Crippen LogP contribution is 2.31. The fraction of sp³-hybridized carbons (Fsp3) is 0.333. The second-order valence-corrected chi connectivity index (χ2v) is 3.83. The smallest absolute Gasteiger partial charge is 0.428 e. The van der Waals surface area contributed by atoms with Crippen LogP contribution in [0.5, 0.6) is 5.75 Å². The Morgan fingerprint density at radius 1 is 1.29 bits per heavy atom. The van der Waals surface area contributed by atoms with Crippen LogP contribution in [0, 0.1) is 6.92 Å². The summed E-state index contributed by atoms with van der Waals surface area (Å²) in [5, 5.41) is 0. The third kappa shape index (κ3) is 2.72. The van der Waals surface area contributed by atoms with Gasteiger partial charge in [-0.05, 0) is 18.6 Å². The second-order valence-electron chi connectivity index (χ2n) is 2.73. The summed E-state index contributed by atoms with van der Waals surface area (Å²) in [6.45, 7) is 1.66. The van der Waals surface area contributed by atoms with E-state index < -0.39 is 10.9 Å². The van der Waals surface area contributed by atoms with Crippen LogP contribution in [0.4, 0.5) is 8.78 Å². The lowest BCUT2D eigenvalue weighted by Crippen LogP contribution is -2.32. The molecular formula is C9H8Cl2F2O. The zero-order valence-electron chi connectivity index (χ0n) is 7.31. The molecule has 0 aliphatic rings. The maximum atomic E-state index is 12.9. The molecule has 1 rings (SSSR count). The molecule has 0 unspecified atom stereocenters. The van der Waals surface area contributed by atoms with Crippen LogP contribution in [0.1, 0.15) is 5.56 Å². The lowest BCUT2D eigenvalue weighted by molar-refractivity contribution is -0.163. The van der Waals surface area contributed by atoms with Crippen molar-refractivity contribution in [1.82, 2.24) is 0 Å². The summed E-state index contributed by atoms with van der Waals surface area (Å²) >= 11 is 10.1. The molecule has 0 bridgehead atoms. The number of hydrogen-bond acceptors (Lipinski definition) is 1. The normalized spacial score (nSPS) is 11.9. The van der Waals surface area contributed by atoms with Crippen LogP contribution in [0.2, 0.25) is 0 Å². The van der Waals surface area contributed by atoms with Gasteiger partial charge in [0.1, 0.15) is 5.75 Å². The number of rotatable bonds is 3. The standard InChI is InChI=1S/C9H8Cl2F2O/c1-6-4-2-3-5-7(6)14-9(12,13)8(10)11/h2-5,8H,1H3. The zero-order valence-corrected chi connectivity index (χ0v) is 8.82. The minimum Gasteiger partial charge on any atom is -0.430 e. The van der Waals surface area contributed by atoms with Crippen molar-refractivity contribution >= 4 is 23.2 Å². The lowest BCUT2D eigenvalue weighted by Gasteiger charge is -2.19. The van der Waals surface area contributed by atoms with Crippen LogP contribution in [0.25, 0.3) is 0 Å². The van der Waals surface area contributed by atoms with E-state index in [1.807, 2.05) is 0 Å². The molecule has 0 amide bonds. The van der Waals surface area contributed by atoms with Crippen LogP contribution >= 0.6 is 23.2 Å². The van der Waals surface area contributed by atoms with E-state index in [4.69, 9.17) is 23.2 Å². The Hall–Kier alpha value is -0.540. The van der Waals surface area contributed by atoms with Crippen molar-refractivity contribution < 1.29 is 13.5 Å². The maximum Gasteiger partial charge on any atom is 0.428 e. The second kappa shape index (κ2) is 4.32. The van der Waals surface area contributed by atoms with Crippen molar-refractivity contribution in [3.05, 3.63) is 29.8 Å². The van der Waals surface area contributed by atoms with Gasteiger partial charge < -0.3 is 4.74 Å². The van der Waals surface area contributed by atoms with Gasteiger partial charge in [0.25, 0.3) is 0 Å². The molecule has 0 atom stereocenters. The summed E-state index contributed by atoms with van der Waals surface area (Å²) in [5.74, 6) is 0.0730. The molecule has 0 aliphatic heterocycles. The average molecular weight is 241 g/mol. The maximum absolute atomic E-state index is 12.9. The Kier molecular flexibility index (Phi) is 3.56. The molecule has 1 aromatic rings. The third-order valence-corrected chi connectivity index (χ3v) is 2.10. The van der Waals surface area contributed by atoms with Gasteiger partial charge in [0.05, 0.1) is 0 Å². The number of para-hydroxylation sites is 1. The fourth-order valence-electron chi connectivity index (χ4n) is 0.862. The molecule has 0 heterocycles. The number of aryl methyl sites for hydroxylation is 1. The van der Waals surface area contributed by atoms with Gasteiger partial charge in [-0.25, -0.2) is 0 Å². The van der Waals surface area contributed by atoms with E-state index in [-0.39, 0.29) is 5.75 Å². The molecule has 0 fully saturated rings. The molecule has 0 radical (unpaired) electrons. The summed E-state index contributed by atoms with van der Waals surface area (Å²) in [4.78, 5) is -1.89. The van der Waals surface area contributed by atoms with Crippen LogP contribution in [0.15, 0.2) is 24.3 Å². The van der Waals surface area contributed by atoms with E-state index in [1.54, 1.807) is 25.1 Å². The van der Waals surface area contributed by atoms with E-state index >= 15 is 0 Å². The minimum atomic E-state index is -3.57. The highest BCUT2D eigenvalue weighted by atomic mass is 35.5. The lowest BCUT2D eigenvalue weighted by atomic mass is 10.2. The van der Waals surface area contributed by atoms with Gasteiger partial charge in [-0.1, -0.05) is 41.4 Å². The molecule has 0 saturated carbocycles. The number of alkyl halides is 4. The molecule has 0 aliphatic carbocycles. The van der Waals surface area contributed by atoms with Gasteiger partial charge in [0.15, 0.2) is 0 Å². The number of hydrogen-bond donors (Lipinski definition) is 0. The van der Waals surface area contributed by atoms with E-state index in [9.17, 15) is 8.78 Å². The molecule has 0 N–H and O–H groups in total. The predicted molar refractivity (Wildman–Crippen MR) is 52.2 cm³/mol. The van der Waals surface area contributed by atoms with Crippen LogP contribution in [-0.2, 0) is 0 Å². The molecular weight excluding hydrogens is 233 g/mol. The van der Waals surface area contributed by atoms with Crippen molar-refractivity contribution in [2.45, 2.75) is 17.9 Å². The monoisotopic (exact) mass is 240 g/mol. The molecule has 1 aromatic carbocycles. The summed E-state index contributed by atoms with van der Waals surface area (Å²) in [5.41, 5.74) is 0.598. The third-order valence-electron chi connectivity index (χ3n) is 1.59. The van der Waals surface area contributed by atoms with E-state index in [1.165, 1.54) is 6.07 Å². The molecule has 0 aromatic heterocycles. The van der Waals surface area contributed by atoms with Crippen molar-refractivity contribution in [3.63, 3.8) is 0 Å². The number of halogens is 4. The number of ether oxygens (including phenoxy) is 1. The van der Waals surface area contributed by atoms with Gasteiger partial charge in [-0.2, -0.15) is 8.78 Å². The Balaban J connectivity index is 2.84.